The second-order valence-electron chi connectivity index (χ2n) is 8.89. The predicted molar refractivity (Wildman–Crippen MR) is 128 cm³/mol. The van der Waals surface area contributed by atoms with Gasteiger partial charge in [0.25, 0.3) is 0 Å². The molecule has 4 heterocycles. The normalized spacial score (nSPS) is 32.3. The second-order valence-corrected chi connectivity index (χ2v) is 8.89. The monoisotopic (exact) mass is 510 g/mol. The SMILES string of the molecule is CCNC(=NCC(c1ccccc1)N1CCCC1)N1CC2C3CCC(O3)C2C1.I. The van der Waals surface area contributed by atoms with Gasteiger partial charge >= 0.3 is 0 Å². The van der Waals surface area contributed by atoms with Crippen LogP contribution in [0.15, 0.2) is 35.3 Å². The summed E-state index contributed by atoms with van der Waals surface area (Å²) in [5.74, 6) is 2.54. The molecule has 0 amide bonds. The zero-order chi connectivity index (χ0) is 18.9. The van der Waals surface area contributed by atoms with Crippen LogP contribution < -0.4 is 5.32 Å². The first-order chi connectivity index (χ1) is 13.8. The Morgan fingerprint density at radius 3 is 2.38 bits per heavy atom. The molecule has 6 heteroatoms. The van der Waals surface area contributed by atoms with E-state index in [0.29, 0.717) is 30.1 Å². The van der Waals surface area contributed by atoms with Gasteiger partial charge in [-0.25, -0.2) is 0 Å². The lowest BCUT2D eigenvalue weighted by Gasteiger charge is -2.28. The fourth-order valence-corrected chi connectivity index (χ4v) is 5.89. The van der Waals surface area contributed by atoms with Crippen LogP contribution in [0.3, 0.4) is 0 Å². The Labute approximate surface area is 192 Å². The van der Waals surface area contributed by atoms with Gasteiger partial charge in [-0.3, -0.25) is 9.89 Å². The van der Waals surface area contributed by atoms with Crippen molar-refractivity contribution in [2.45, 2.75) is 50.9 Å². The molecule has 4 fully saturated rings. The number of hydrogen-bond acceptors (Lipinski definition) is 3. The maximum Gasteiger partial charge on any atom is 0.194 e. The predicted octanol–water partition coefficient (Wildman–Crippen LogP) is 3.52. The molecule has 5 rings (SSSR count). The lowest BCUT2D eigenvalue weighted by Crippen LogP contribution is -2.42. The van der Waals surface area contributed by atoms with Crippen molar-refractivity contribution in [3.8, 4) is 0 Å². The van der Waals surface area contributed by atoms with Gasteiger partial charge < -0.3 is 15.0 Å². The van der Waals surface area contributed by atoms with Gasteiger partial charge in [0.15, 0.2) is 5.96 Å². The molecule has 0 aliphatic carbocycles. The molecule has 1 N–H and O–H groups in total. The van der Waals surface area contributed by atoms with Crippen LogP contribution in [-0.4, -0.2) is 67.2 Å². The number of halogens is 1. The van der Waals surface area contributed by atoms with Crippen LogP contribution in [0.25, 0.3) is 0 Å². The van der Waals surface area contributed by atoms with Crippen molar-refractivity contribution in [2.75, 3.05) is 39.3 Å². The Morgan fingerprint density at radius 2 is 1.76 bits per heavy atom. The quantitative estimate of drug-likeness (QED) is 0.374. The number of benzene rings is 1. The van der Waals surface area contributed by atoms with E-state index in [1.165, 1.54) is 44.3 Å². The summed E-state index contributed by atoms with van der Waals surface area (Å²) in [5.41, 5.74) is 1.40. The summed E-state index contributed by atoms with van der Waals surface area (Å²) in [4.78, 5) is 10.3. The van der Waals surface area contributed by atoms with Gasteiger partial charge in [0.05, 0.1) is 24.8 Å². The van der Waals surface area contributed by atoms with Crippen molar-refractivity contribution >= 4 is 29.9 Å². The topological polar surface area (TPSA) is 40.1 Å². The van der Waals surface area contributed by atoms with Crippen LogP contribution in [-0.2, 0) is 4.74 Å². The third-order valence-corrected chi connectivity index (χ3v) is 7.27. The smallest absolute Gasteiger partial charge is 0.194 e. The van der Waals surface area contributed by atoms with Gasteiger partial charge in [-0.15, -0.1) is 24.0 Å². The molecule has 0 radical (unpaired) electrons. The standard InChI is InChI=1S/C23H34N4O.HI/c1-2-24-23(27-15-18-19(16-27)22-11-10-21(18)28-22)25-14-20(26-12-6-7-13-26)17-8-4-3-5-9-17;/h3-5,8-9,18-22H,2,6-7,10-16H2,1H3,(H,24,25);1H. The Kier molecular flexibility index (Phi) is 7.02. The lowest BCUT2D eigenvalue weighted by atomic mass is 9.82. The molecule has 5 nitrogen and oxygen atoms in total. The van der Waals surface area contributed by atoms with Crippen molar-refractivity contribution < 1.29 is 4.74 Å². The van der Waals surface area contributed by atoms with Crippen molar-refractivity contribution in [1.29, 1.82) is 0 Å². The van der Waals surface area contributed by atoms with E-state index in [0.717, 1.165) is 32.1 Å². The molecular formula is C23H35IN4O. The van der Waals surface area contributed by atoms with Crippen LogP contribution in [0, 0.1) is 11.8 Å². The molecular weight excluding hydrogens is 475 g/mol. The molecule has 4 aliphatic heterocycles. The first-order valence-corrected chi connectivity index (χ1v) is 11.3. The Bertz CT molecular complexity index is 675. The summed E-state index contributed by atoms with van der Waals surface area (Å²) in [6, 6.07) is 11.3. The van der Waals surface area contributed by atoms with Gasteiger partial charge in [-0.1, -0.05) is 30.3 Å². The second kappa shape index (κ2) is 9.52. The fraction of sp³-hybridized carbons (Fsp3) is 0.696. The van der Waals surface area contributed by atoms with Gasteiger partial charge in [-0.2, -0.15) is 0 Å². The molecule has 5 unspecified atom stereocenters. The number of guanidine groups is 1. The minimum Gasteiger partial charge on any atom is -0.374 e. The van der Waals surface area contributed by atoms with Crippen LogP contribution in [0.4, 0.5) is 0 Å². The molecule has 29 heavy (non-hydrogen) atoms. The fourth-order valence-electron chi connectivity index (χ4n) is 5.89. The maximum absolute atomic E-state index is 6.16. The molecule has 0 saturated carbocycles. The van der Waals surface area contributed by atoms with Crippen LogP contribution in [0.2, 0.25) is 0 Å². The number of nitrogens with one attached hydrogen (secondary N) is 1. The molecule has 1 aromatic carbocycles. The zero-order valence-electron chi connectivity index (χ0n) is 17.5. The van der Waals surface area contributed by atoms with E-state index in [4.69, 9.17) is 9.73 Å². The highest BCUT2D eigenvalue weighted by Gasteiger charge is 2.53. The summed E-state index contributed by atoms with van der Waals surface area (Å²) in [7, 11) is 0. The number of ether oxygens (including phenoxy) is 1. The van der Waals surface area contributed by atoms with Gasteiger partial charge in [0.1, 0.15) is 0 Å². The van der Waals surface area contributed by atoms with Gasteiger partial charge in [0.2, 0.25) is 0 Å². The first-order valence-electron chi connectivity index (χ1n) is 11.3. The molecule has 4 saturated heterocycles. The van der Waals surface area contributed by atoms with Crippen LogP contribution in [0.5, 0.6) is 0 Å². The number of fused-ring (bicyclic) bond motifs is 5. The zero-order valence-corrected chi connectivity index (χ0v) is 19.8. The maximum atomic E-state index is 6.16. The average molecular weight is 510 g/mol. The van der Waals surface area contributed by atoms with Crippen molar-refractivity contribution in [1.82, 2.24) is 15.1 Å². The van der Waals surface area contributed by atoms with Gasteiger partial charge in [-0.05, 0) is 51.3 Å². The van der Waals surface area contributed by atoms with Crippen LogP contribution >= 0.6 is 24.0 Å². The third kappa shape index (κ3) is 4.30. The molecule has 160 valence electrons. The number of likely N-dealkylation sites (tertiary alicyclic amines) is 2. The average Bonchev–Trinajstić information content (AvgIpc) is 3.51. The van der Waals surface area contributed by atoms with E-state index in [9.17, 15) is 0 Å². The van der Waals surface area contributed by atoms with E-state index >= 15 is 0 Å². The Morgan fingerprint density at radius 1 is 1.10 bits per heavy atom. The number of hydrogen-bond donors (Lipinski definition) is 1. The summed E-state index contributed by atoms with van der Waals surface area (Å²) < 4.78 is 6.16. The lowest BCUT2D eigenvalue weighted by molar-refractivity contribution is 0.0767. The molecule has 4 aliphatic rings. The highest BCUT2D eigenvalue weighted by atomic mass is 127. The van der Waals surface area contributed by atoms with E-state index in [2.05, 4.69) is 52.4 Å². The largest absolute Gasteiger partial charge is 0.374 e. The molecule has 2 bridgehead atoms. The summed E-state index contributed by atoms with van der Waals surface area (Å²) in [6.07, 6.45) is 6.15. The molecule has 1 aromatic rings. The molecule has 0 aromatic heterocycles. The third-order valence-electron chi connectivity index (χ3n) is 7.27. The van der Waals surface area contributed by atoms with Crippen molar-refractivity contribution in [2.24, 2.45) is 16.8 Å². The summed E-state index contributed by atoms with van der Waals surface area (Å²) >= 11 is 0. The minimum atomic E-state index is 0. The highest BCUT2D eigenvalue weighted by molar-refractivity contribution is 14.0. The minimum absolute atomic E-state index is 0. The Hall–Kier alpha value is -0.860. The first kappa shape index (κ1) is 21.4. The van der Waals surface area contributed by atoms with Crippen LogP contribution in [0.1, 0.15) is 44.2 Å². The molecule has 0 spiro atoms. The van der Waals surface area contributed by atoms with E-state index in [1.807, 2.05) is 0 Å². The van der Waals surface area contributed by atoms with Crippen molar-refractivity contribution in [3.05, 3.63) is 35.9 Å². The molecule has 5 atom stereocenters. The highest BCUT2D eigenvalue weighted by Crippen LogP contribution is 2.47. The van der Waals surface area contributed by atoms with Crippen molar-refractivity contribution in [3.63, 3.8) is 0 Å². The number of nitrogens with zero attached hydrogens (tertiary/aromatic N) is 3. The van der Waals surface area contributed by atoms with E-state index < -0.39 is 0 Å². The van der Waals surface area contributed by atoms with Gasteiger partial charge in [0, 0.05) is 31.5 Å². The van der Waals surface area contributed by atoms with E-state index in [-0.39, 0.29) is 24.0 Å². The Balaban J connectivity index is 0.00000205. The number of rotatable bonds is 5. The number of aliphatic imine (C=N–C) groups is 1. The van der Waals surface area contributed by atoms with E-state index in [1.54, 1.807) is 0 Å². The summed E-state index contributed by atoms with van der Waals surface area (Å²) in [5, 5.41) is 3.58. The summed E-state index contributed by atoms with van der Waals surface area (Å²) in [6.45, 7) is 8.54.